The maximum Gasteiger partial charge on any atom is 0.271 e. The van der Waals surface area contributed by atoms with Crippen molar-refractivity contribution in [3.05, 3.63) is 35.2 Å². The number of sulfonamides is 1. The molecule has 2 aromatic rings. The van der Waals surface area contributed by atoms with Crippen LogP contribution in [0.2, 0.25) is 0 Å². The zero-order valence-corrected chi connectivity index (χ0v) is 13.7. The van der Waals surface area contributed by atoms with Crippen molar-refractivity contribution in [2.24, 2.45) is 0 Å². The quantitative estimate of drug-likeness (QED) is 0.884. The molecule has 0 bridgehead atoms. The molecule has 0 aliphatic heterocycles. The van der Waals surface area contributed by atoms with E-state index in [0.717, 1.165) is 16.9 Å². The van der Waals surface area contributed by atoms with Crippen LogP contribution in [0.5, 0.6) is 5.75 Å². The molecule has 7 heteroatoms. The van der Waals surface area contributed by atoms with Gasteiger partial charge >= 0.3 is 0 Å². The SMILES string of the molecule is Cc1cc(OC(C)C)ccc1NS(=O)(=O)c1cc(N)cs1. The van der Waals surface area contributed by atoms with Crippen molar-refractivity contribution in [3.63, 3.8) is 0 Å². The Hall–Kier alpha value is -1.73. The average molecular weight is 326 g/mol. The fourth-order valence-electron chi connectivity index (χ4n) is 1.76. The third-order valence-corrected chi connectivity index (χ3v) is 5.50. The van der Waals surface area contributed by atoms with Crippen molar-refractivity contribution in [1.82, 2.24) is 0 Å². The maximum absolute atomic E-state index is 12.2. The Balaban J connectivity index is 2.23. The number of hydrogen-bond donors (Lipinski definition) is 2. The van der Waals surface area contributed by atoms with E-state index < -0.39 is 10.0 Å². The van der Waals surface area contributed by atoms with E-state index in [2.05, 4.69) is 4.72 Å². The van der Waals surface area contributed by atoms with Gasteiger partial charge in [-0.05, 0) is 50.6 Å². The molecule has 5 nitrogen and oxygen atoms in total. The van der Waals surface area contributed by atoms with Crippen LogP contribution in [0.15, 0.2) is 33.9 Å². The van der Waals surface area contributed by atoms with Crippen LogP contribution in [0.3, 0.4) is 0 Å². The van der Waals surface area contributed by atoms with Crippen LogP contribution in [-0.2, 0) is 10.0 Å². The number of nitrogens with two attached hydrogens (primary N) is 1. The minimum Gasteiger partial charge on any atom is -0.491 e. The normalized spacial score (nSPS) is 11.6. The van der Waals surface area contributed by atoms with E-state index in [9.17, 15) is 8.42 Å². The molecule has 0 spiro atoms. The summed E-state index contributed by atoms with van der Waals surface area (Å²) >= 11 is 1.09. The van der Waals surface area contributed by atoms with Gasteiger partial charge in [0, 0.05) is 11.1 Å². The summed E-state index contributed by atoms with van der Waals surface area (Å²) in [6.07, 6.45) is 0.0704. The maximum atomic E-state index is 12.2. The second-order valence-corrected chi connectivity index (χ2v) is 7.77. The van der Waals surface area contributed by atoms with Gasteiger partial charge < -0.3 is 10.5 Å². The highest BCUT2D eigenvalue weighted by molar-refractivity contribution is 7.94. The summed E-state index contributed by atoms with van der Waals surface area (Å²) in [6, 6.07) is 6.69. The number of benzene rings is 1. The van der Waals surface area contributed by atoms with Gasteiger partial charge in [0.1, 0.15) is 9.96 Å². The number of hydrogen-bond acceptors (Lipinski definition) is 5. The van der Waals surface area contributed by atoms with Crippen molar-refractivity contribution < 1.29 is 13.2 Å². The van der Waals surface area contributed by atoms with E-state index in [0.29, 0.717) is 17.1 Å². The number of nitrogen functional groups attached to an aromatic ring is 1. The zero-order chi connectivity index (χ0) is 15.6. The molecule has 114 valence electrons. The third-order valence-electron chi connectivity index (χ3n) is 2.67. The minimum absolute atomic E-state index is 0.0704. The molecule has 0 atom stereocenters. The van der Waals surface area contributed by atoms with E-state index >= 15 is 0 Å². The number of thiophene rings is 1. The largest absolute Gasteiger partial charge is 0.491 e. The number of aryl methyl sites for hydroxylation is 1. The number of nitrogens with one attached hydrogen (secondary N) is 1. The van der Waals surface area contributed by atoms with Crippen LogP contribution < -0.4 is 15.2 Å². The van der Waals surface area contributed by atoms with Crippen LogP contribution in [-0.4, -0.2) is 14.5 Å². The van der Waals surface area contributed by atoms with E-state index in [1.54, 1.807) is 23.6 Å². The van der Waals surface area contributed by atoms with Gasteiger partial charge in [-0.2, -0.15) is 0 Å². The van der Waals surface area contributed by atoms with Gasteiger partial charge in [-0.25, -0.2) is 8.42 Å². The fourth-order valence-corrected chi connectivity index (χ4v) is 3.97. The second kappa shape index (κ2) is 5.95. The molecule has 0 saturated heterocycles. The summed E-state index contributed by atoms with van der Waals surface area (Å²) in [5, 5.41) is 1.60. The Morgan fingerprint density at radius 1 is 1.29 bits per heavy atom. The van der Waals surface area contributed by atoms with E-state index in [-0.39, 0.29) is 10.3 Å². The standard InChI is InChI=1S/C14H18N2O3S2/c1-9(2)19-12-4-5-13(10(3)6-12)16-21(17,18)14-7-11(15)8-20-14/h4-9,16H,15H2,1-3H3. The van der Waals surface area contributed by atoms with Gasteiger partial charge in [-0.1, -0.05) is 0 Å². The molecule has 2 rings (SSSR count). The highest BCUT2D eigenvalue weighted by atomic mass is 32.2. The first-order valence-corrected chi connectivity index (χ1v) is 8.78. The van der Waals surface area contributed by atoms with Crippen LogP contribution in [0.4, 0.5) is 11.4 Å². The third kappa shape index (κ3) is 3.89. The molecular formula is C14H18N2O3S2. The predicted octanol–water partition coefficient (Wildman–Crippen LogP) is 3.23. The molecule has 3 N–H and O–H groups in total. The molecule has 0 amide bonds. The molecule has 0 saturated carbocycles. The number of ether oxygens (including phenoxy) is 1. The average Bonchev–Trinajstić information content (AvgIpc) is 2.79. The monoisotopic (exact) mass is 326 g/mol. The first kappa shape index (κ1) is 15.7. The number of rotatable bonds is 5. The lowest BCUT2D eigenvalue weighted by atomic mass is 10.2. The highest BCUT2D eigenvalue weighted by Crippen LogP contribution is 2.27. The molecule has 0 fully saturated rings. The Kier molecular flexibility index (Phi) is 4.43. The minimum atomic E-state index is -3.60. The fraction of sp³-hybridized carbons (Fsp3) is 0.286. The van der Waals surface area contributed by atoms with E-state index in [4.69, 9.17) is 10.5 Å². The van der Waals surface area contributed by atoms with Gasteiger partial charge in [0.25, 0.3) is 10.0 Å². The molecule has 21 heavy (non-hydrogen) atoms. The van der Waals surface area contributed by atoms with Crippen molar-refractivity contribution in [2.75, 3.05) is 10.5 Å². The Bertz CT molecular complexity index is 736. The molecule has 0 radical (unpaired) electrons. The van der Waals surface area contributed by atoms with Crippen LogP contribution in [0.1, 0.15) is 19.4 Å². The lowest BCUT2D eigenvalue weighted by Gasteiger charge is -2.13. The van der Waals surface area contributed by atoms with Crippen LogP contribution in [0, 0.1) is 6.92 Å². The summed E-state index contributed by atoms with van der Waals surface area (Å²) in [7, 11) is -3.60. The highest BCUT2D eigenvalue weighted by Gasteiger charge is 2.17. The van der Waals surface area contributed by atoms with Gasteiger partial charge in [0.05, 0.1) is 11.8 Å². The predicted molar refractivity (Wildman–Crippen MR) is 86.5 cm³/mol. The first-order chi connectivity index (χ1) is 9.78. The molecule has 1 aromatic heterocycles. The number of anilines is 2. The summed E-state index contributed by atoms with van der Waals surface area (Å²) in [5.74, 6) is 0.714. The van der Waals surface area contributed by atoms with Gasteiger partial charge in [0.15, 0.2) is 0 Å². The first-order valence-electron chi connectivity index (χ1n) is 6.42. The summed E-state index contributed by atoms with van der Waals surface area (Å²) in [4.78, 5) is 0. The van der Waals surface area contributed by atoms with Gasteiger partial charge in [-0.3, -0.25) is 4.72 Å². The Morgan fingerprint density at radius 3 is 2.52 bits per heavy atom. The van der Waals surface area contributed by atoms with Crippen LogP contribution >= 0.6 is 11.3 Å². The smallest absolute Gasteiger partial charge is 0.271 e. The molecule has 0 aliphatic carbocycles. The van der Waals surface area contributed by atoms with Crippen LogP contribution in [0.25, 0.3) is 0 Å². The lowest BCUT2D eigenvalue weighted by Crippen LogP contribution is -2.12. The molecule has 0 unspecified atom stereocenters. The van der Waals surface area contributed by atoms with E-state index in [1.165, 1.54) is 6.07 Å². The Morgan fingerprint density at radius 2 is 2.00 bits per heavy atom. The lowest BCUT2D eigenvalue weighted by molar-refractivity contribution is 0.242. The van der Waals surface area contributed by atoms with E-state index in [1.807, 2.05) is 20.8 Å². The second-order valence-electron chi connectivity index (χ2n) is 4.95. The molecule has 1 heterocycles. The van der Waals surface area contributed by atoms with Crippen molar-refractivity contribution >= 4 is 32.7 Å². The van der Waals surface area contributed by atoms with Gasteiger partial charge in [-0.15, -0.1) is 11.3 Å². The Labute approximate surface area is 128 Å². The van der Waals surface area contributed by atoms with Gasteiger partial charge in [0.2, 0.25) is 0 Å². The molecule has 1 aromatic carbocycles. The topological polar surface area (TPSA) is 81.4 Å². The van der Waals surface area contributed by atoms with Crippen molar-refractivity contribution in [3.8, 4) is 5.75 Å². The zero-order valence-electron chi connectivity index (χ0n) is 12.1. The molecule has 0 aliphatic rings. The summed E-state index contributed by atoms with van der Waals surface area (Å²) in [6.45, 7) is 5.70. The van der Waals surface area contributed by atoms with Crippen molar-refractivity contribution in [1.29, 1.82) is 0 Å². The van der Waals surface area contributed by atoms with Crippen molar-refractivity contribution in [2.45, 2.75) is 31.1 Å². The molecular weight excluding hydrogens is 308 g/mol. The summed E-state index contributed by atoms with van der Waals surface area (Å²) in [5.41, 5.74) is 7.33. The summed E-state index contributed by atoms with van der Waals surface area (Å²) < 4.78 is 32.8.